The van der Waals surface area contributed by atoms with Crippen molar-refractivity contribution in [2.45, 2.75) is 52.4 Å². The molecular weight excluding hydrogens is 322 g/mol. The number of aromatic nitrogens is 5. The van der Waals surface area contributed by atoms with Crippen LogP contribution in [0, 0.1) is 0 Å². The van der Waals surface area contributed by atoms with Gasteiger partial charge in [-0.05, 0) is 49.9 Å². The molecule has 0 amide bonds. The fraction of sp³-hybridized carbons (Fsp3) is 0.381. The van der Waals surface area contributed by atoms with Gasteiger partial charge in [0.2, 0.25) is 5.82 Å². The summed E-state index contributed by atoms with van der Waals surface area (Å²) in [6.07, 6.45) is 8.16. The maximum Gasteiger partial charge on any atom is 0.200 e. The molecule has 0 aliphatic carbocycles. The highest BCUT2D eigenvalue weighted by atomic mass is 15.2. The van der Waals surface area contributed by atoms with Crippen molar-refractivity contribution in [1.82, 2.24) is 25.1 Å². The number of pyridine rings is 2. The summed E-state index contributed by atoms with van der Waals surface area (Å²) in [6.45, 7) is 4.38. The van der Waals surface area contributed by atoms with Crippen LogP contribution in [0.5, 0.6) is 0 Å². The molecule has 0 aliphatic rings. The first-order valence-electron chi connectivity index (χ1n) is 9.43. The van der Waals surface area contributed by atoms with E-state index in [1.54, 1.807) is 6.20 Å². The van der Waals surface area contributed by atoms with E-state index in [1.807, 2.05) is 36.4 Å². The van der Waals surface area contributed by atoms with Gasteiger partial charge in [-0.25, -0.2) is 9.97 Å². The molecule has 0 aliphatic heterocycles. The van der Waals surface area contributed by atoms with E-state index in [9.17, 15) is 0 Å². The van der Waals surface area contributed by atoms with E-state index in [0.29, 0.717) is 5.82 Å². The number of nitrogens with zero attached hydrogens (tertiary/aromatic N) is 5. The van der Waals surface area contributed by atoms with E-state index in [1.165, 1.54) is 0 Å². The van der Waals surface area contributed by atoms with Gasteiger partial charge in [-0.1, -0.05) is 38.8 Å². The number of aryl methyl sites for hydroxylation is 2. The molecular formula is C21H25N5. The monoisotopic (exact) mass is 347 g/mol. The lowest BCUT2D eigenvalue weighted by Gasteiger charge is -2.09. The quantitative estimate of drug-likeness (QED) is 0.592. The van der Waals surface area contributed by atoms with Crippen molar-refractivity contribution < 1.29 is 0 Å². The van der Waals surface area contributed by atoms with Gasteiger partial charge in [0.05, 0.1) is 22.8 Å². The molecule has 0 unspecified atom stereocenters. The third-order valence-corrected chi connectivity index (χ3v) is 4.28. The molecule has 0 fully saturated rings. The summed E-state index contributed by atoms with van der Waals surface area (Å²) in [7, 11) is 0. The average molecular weight is 347 g/mol. The van der Waals surface area contributed by atoms with Gasteiger partial charge in [0.15, 0.2) is 0 Å². The minimum Gasteiger partial charge on any atom is -0.255 e. The first kappa shape index (κ1) is 18.1. The Morgan fingerprint density at radius 3 is 2.15 bits per heavy atom. The Morgan fingerprint density at radius 2 is 1.42 bits per heavy atom. The Labute approximate surface area is 155 Å². The fourth-order valence-electron chi connectivity index (χ4n) is 2.79. The highest BCUT2D eigenvalue weighted by Crippen LogP contribution is 2.20. The minimum atomic E-state index is 0.592. The number of hydrogen-bond donors (Lipinski definition) is 0. The molecule has 26 heavy (non-hydrogen) atoms. The standard InChI is InChI=1S/C21H25N5/c1-3-5-10-18-19(11-6-4-2)25-26-21(24-18)20-14-9-13-17(23-20)16-12-7-8-15-22-16/h7-9,12-15H,3-6,10-11H2,1-2H3. The van der Waals surface area contributed by atoms with Crippen molar-refractivity contribution in [2.24, 2.45) is 0 Å². The average Bonchev–Trinajstić information content (AvgIpc) is 2.71. The normalized spacial score (nSPS) is 10.8. The molecule has 0 radical (unpaired) electrons. The van der Waals surface area contributed by atoms with Gasteiger partial charge in [0.1, 0.15) is 5.69 Å². The van der Waals surface area contributed by atoms with E-state index in [-0.39, 0.29) is 0 Å². The van der Waals surface area contributed by atoms with Crippen molar-refractivity contribution in [3.05, 3.63) is 54.0 Å². The highest BCUT2D eigenvalue weighted by molar-refractivity contribution is 5.59. The van der Waals surface area contributed by atoms with Crippen LogP contribution >= 0.6 is 0 Å². The Bertz CT molecular complexity index is 833. The largest absolute Gasteiger partial charge is 0.255 e. The fourth-order valence-corrected chi connectivity index (χ4v) is 2.79. The second-order valence-electron chi connectivity index (χ2n) is 6.36. The summed E-state index contributed by atoms with van der Waals surface area (Å²) < 4.78 is 0. The molecule has 0 aromatic carbocycles. The molecule has 3 aromatic rings. The second kappa shape index (κ2) is 9.13. The summed E-state index contributed by atoms with van der Waals surface area (Å²) in [6, 6.07) is 11.7. The van der Waals surface area contributed by atoms with Crippen LogP contribution in [0.1, 0.15) is 50.9 Å². The smallest absolute Gasteiger partial charge is 0.200 e. The lowest BCUT2D eigenvalue weighted by Crippen LogP contribution is -2.07. The molecule has 3 rings (SSSR count). The van der Waals surface area contributed by atoms with E-state index < -0.39 is 0 Å². The molecule has 5 nitrogen and oxygen atoms in total. The zero-order chi connectivity index (χ0) is 18.2. The highest BCUT2D eigenvalue weighted by Gasteiger charge is 2.12. The maximum atomic E-state index is 4.81. The van der Waals surface area contributed by atoms with Crippen molar-refractivity contribution in [2.75, 3.05) is 0 Å². The third-order valence-electron chi connectivity index (χ3n) is 4.28. The van der Waals surface area contributed by atoms with E-state index in [4.69, 9.17) is 9.97 Å². The Kier molecular flexibility index (Phi) is 6.36. The van der Waals surface area contributed by atoms with Crippen molar-refractivity contribution in [1.29, 1.82) is 0 Å². The van der Waals surface area contributed by atoms with Crippen molar-refractivity contribution in [3.8, 4) is 22.9 Å². The minimum absolute atomic E-state index is 0.592. The molecule has 0 atom stereocenters. The van der Waals surface area contributed by atoms with Crippen LogP contribution in [0.15, 0.2) is 42.6 Å². The molecule has 0 saturated heterocycles. The molecule has 0 N–H and O–H groups in total. The molecule has 5 heteroatoms. The van der Waals surface area contributed by atoms with Crippen molar-refractivity contribution in [3.63, 3.8) is 0 Å². The first-order valence-corrected chi connectivity index (χ1v) is 9.43. The number of hydrogen-bond acceptors (Lipinski definition) is 5. The zero-order valence-corrected chi connectivity index (χ0v) is 15.5. The van der Waals surface area contributed by atoms with Gasteiger partial charge in [0.25, 0.3) is 0 Å². The van der Waals surface area contributed by atoms with Crippen LogP contribution in [-0.2, 0) is 12.8 Å². The molecule has 134 valence electrons. The summed E-state index contributed by atoms with van der Waals surface area (Å²) in [5.41, 5.74) is 4.49. The summed E-state index contributed by atoms with van der Waals surface area (Å²) in [4.78, 5) is 13.9. The number of unbranched alkanes of at least 4 members (excludes halogenated alkanes) is 2. The SMILES string of the molecule is CCCCc1nnc(-c2cccc(-c3ccccn3)n2)nc1CCCC. The van der Waals surface area contributed by atoms with Gasteiger partial charge in [-0.2, -0.15) is 5.10 Å². The molecule has 0 saturated carbocycles. The van der Waals surface area contributed by atoms with Gasteiger partial charge in [0, 0.05) is 6.20 Å². The lowest BCUT2D eigenvalue weighted by atomic mass is 10.1. The topological polar surface area (TPSA) is 64.5 Å². The van der Waals surface area contributed by atoms with Crippen LogP contribution in [0.3, 0.4) is 0 Å². The van der Waals surface area contributed by atoms with Gasteiger partial charge in [-0.15, -0.1) is 5.10 Å². The van der Waals surface area contributed by atoms with Crippen LogP contribution in [0.25, 0.3) is 22.9 Å². The number of rotatable bonds is 8. The second-order valence-corrected chi connectivity index (χ2v) is 6.36. The Hall–Kier alpha value is -2.69. The van der Waals surface area contributed by atoms with E-state index >= 15 is 0 Å². The van der Waals surface area contributed by atoms with Gasteiger partial charge in [-0.3, -0.25) is 4.98 Å². The predicted octanol–water partition coefficient (Wildman–Crippen LogP) is 4.68. The van der Waals surface area contributed by atoms with E-state index in [0.717, 1.165) is 67.0 Å². The van der Waals surface area contributed by atoms with Crippen LogP contribution < -0.4 is 0 Å². The first-order chi connectivity index (χ1) is 12.8. The summed E-state index contributed by atoms with van der Waals surface area (Å²) >= 11 is 0. The molecule has 0 spiro atoms. The van der Waals surface area contributed by atoms with Gasteiger partial charge >= 0.3 is 0 Å². The summed E-state index contributed by atoms with van der Waals surface area (Å²) in [5.74, 6) is 0.592. The van der Waals surface area contributed by atoms with Crippen molar-refractivity contribution >= 4 is 0 Å². The Balaban J connectivity index is 1.93. The Morgan fingerprint density at radius 1 is 0.692 bits per heavy atom. The molecule has 3 aromatic heterocycles. The lowest BCUT2D eigenvalue weighted by molar-refractivity contribution is 0.702. The third kappa shape index (κ3) is 4.48. The van der Waals surface area contributed by atoms with Crippen LogP contribution in [0.2, 0.25) is 0 Å². The van der Waals surface area contributed by atoms with Gasteiger partial charge < -0.3 is 0 Å². The predicted molar refractivity (Wildman–Crippen MR) is 104 cm³/mol. The molecule has 3 heterocycles. The maximum absolute atomic E-state index is 4.81. The molecule has 0 bridgehead atoms. The summed E-state index contributed by atoms with van der Waals surface area (Å²) in [5, 5.41) is 8.84. The van der Waals surface area contributed by atoms with Crippen LogP contribution in [0.4, 0.5) is 0 Å². The van der Waals surface area contributed by atoms with E-state index in [2.05, 4.69) is 29.0 Å². The van der Waals surface area contributed by atoms with Crippen LogP contribution in [-0.4, -0.2) is 25.1 Å². The zero-order valence-electron chi connectivity index (χ0n) is 15.5.